The Morgan fingerprint density at radius 3 is 2.56 bits per heavy atom. The van der Waals surface area contributed by atoms with E-state index < -0.39 is 11.8 Å². The molecule has 0 amide bonds. The van der Waals surface area contributed by atoms with Crippen LogP contribution in [0.25, 0.3) is 0 Å². The lowest BCUT2D eigenvalue weighted by molar-refractivity contribution is -0.134. The molecule has 4 heteroatoms. The van der Waals surface area contributed by atoms with E-state index >= 15 is 0 Å². The zero-order valence-corrected chi connectivity index (χ0v) is 9.63. The van der Waals surface area contributed by atoms with Gasteiger partial charge in [-0.1, -0.05) is 30.3 Å². The van der Waals surface area contributed by atoms with Gasteiger partial charge in [-0.2, -0.15) is 0 Å². The number of allylic oxidation sites excluding steroid dienone is 3. The van der Waals surface area contributed by atoms with Crippen molar-refractivity contribution < 1.29 is 19.4 Å². The van der Waals surface area contributed by atoms with Crippen LogP contribution in [-0.4, -0.2) is 16.9 Å². The molecule has 1 aromatic rings. The fourth-order valence-corrected chi connectivity index (χ4v) is 1.62. The van der Waals surface area contributed by atoms with Crippen LogP contribution in [0.15, 0.2) is 53.8 Å². The second-order valence-corrected chi connectivity index (χ2v) is 3.89. The summed E-state index contributed by atoms with van der Waals surface area (Å²) in [6, 6.07) is 9.56. The average molecular weight is 244 g/mol. The van der Waals surface area contributed by atoms with Crippen LogP contribution in [-0.2, 0) is 20.9 Å². The second kappa shape index (κ2) is 5.31. The Balaban J connectivity index is 2.00. The summed E-state index contributed by atoms with van der Waals surface area (Å²) < 4.78 is 5.47. The summed E-state index contributed by atoms with van der Waals surface area (Å²) in [5.74, 6) is -1.12. The van der Waals surface area contributed by atoms with Crippen molar-refractivity contribution in [3.05, 3.63) is 59.4 Å². The fourth-order valence-electron chi connectivity index (χ4n) is 1.62. The Kier molecular flexibility index (Phi) is 3.57. The molecule has 0 saturated heterocycles. The summed E-state index contributed by atoms with van der Waals surface area (Å²) in [5, 5.41) is 8.74. The number of hydrogen-bond donors (Lipinski definition) is 1. The summed E-state index contributed by atoms with van der Waals surface area (Å²) in [6.45, 7) is 0.371. The molecular formula is C14H12O4. The van der Waals surface area contributed by atoms with Crippen molar-refractivity contribution >= 4 is 11.8 Å². The number of ketones is 1. The zero-order valence-electron chi connectivity index (χ0n) is 9.63. The van der Waals surface area contributed by atoms with Crippen molar-refractivity contribution in [1.29, 1.82) is 0 Å². The van der Waals surface area contributed by atoms with E-state index in [1.54, 1.807) is 0 Å². The highest BCUT2D eigenvalue weighted by atomic mass is 16.5. The molecule has 1 aromatic carbocycles. The van der Waals surface area contributed by atoms with Crippen LogP contribution in [0.2, 0.25) is 0 Å². The number of benzene rings is 1. The summed E-state index contributed by atoms with van der Waals surface area (Å²) in [4.78, 5) is 22.2. The van der Waals surface area contributed by atoms with Gasteiger partial charge in [0.2, 0.25) is 0 Å². The van der Waals surface area contributed by atoms with Gasteiger partial charge in [0.1, 0.15) is 17.9 Å². The van der Waals surface area contributed by atoms with Crippen LogP contribution < -0.4 is 0 Å². The molecule has 0 aliphatic heterocycles. The summed E-state index contributed by atoms with van der Waals surface area (Å²) in [7, 11) is 0. The van der Waals surface area contributed by atoms with Gasteiger partial charge in [0.25, 0.3) is 0 Å². The highest BCUT2D eigenvalue weighted by Gasteiger charge is 2.21. The summed E-state index contributed by atoms with van der Waals surface area (Å²) >= 11 is 0. The van der Waals surface area contributed by atoms with Crippen LogP contribution in [0.4, 0.5) is 0 Å². The van der Waals surface area contributed by atoms with Crippen molar-refractivity contribution in [2.75, 3.05) is 0 Å². The number of carbonyl (C=O) groups excluding carboxylic acids is 1. The van der Waals surface area contributed by atoms with Crippen LogP contribution in [0, 0.1) is 0 Å². The smallest absolute Gasteiger partial charge is 0.339 e. The molecule has 92 valence electrons. The molecule has 0 atom stereocenters. The molecule has 0 aromatic heterocycles. The quantitative estimate of drug-likeness (QED) is 0.823. The lowest BCUT2D eigenvalue weighted by Crippen LogP contribution is -2.16. The van der Waals surface area contributed by atoms with Crippen LogP contribution in [0.5, 0.6) is 0 Å². The molecule has 0 fully saturated rings. The third-order valence-corrected chi connectivity index (χ3v) is 2.57. The number of ether oxygens (including phenoxy) is 1. The van der Waals surface area contributed by atoms with Gasteiger partial charge in [-0.25, -0.2) is 4.79 Å². The normalized spacial score (nSPS) is 14.8. The monoisotopic (exact) mass is 244 g/mol. The lowest BCUT2D eigenvalue weighted by atomic mass is 10.0. The standard InChI is InChI=1S/C14H12O4/c15-13-8-11(6-7-12(13)14(16)17)18-9-10-4-2-1-3-5-10/h1-7H,8-9H2,(H,16,17). The van der Waals surface area contributed by atoms with E-state index in [0.29, 0.717) is 12.4 Å². The van der Waals surface area contributed by atoms with Gasteiger partial charge in [0.15, 0.2) is 5.78 Å². The van der Waals surface area contributed by atoms with Crippen molar-refractivity contribution in [2.24, 2.45) is 0 Å². The van der Waals surface area contributed by atoms with Crippen LogP contribution >= 0.6 is 0 Å². The molecule has 0 unspecified atom stereocenters. The lowest BCUT2D eigenvalue weighted by Gasteiger charge is -2.13. The van der Waals surface area contributed by atoms with E-state index in [9.17, 15) is 9.59 Å². The Morgan fingerprint density at radius 1 is 1.22 bits per heavy atom. The molecule has 2 rings (SSSR count). The predicted octanol–water partition coefficient (Wildman–Crippen LogP) is 2.07. The van der Waals surface area contributed by atoms with Gasteiger partial charge in [0.05, 0.1) is 6.42 Å². The van der Waals surface area contributed by atoms with E-state index in [1.807, 2.05) is 30.3 Å². The fraction of sp³-hybridized carbons (Fsp3) is 0.143. The maximum Gasteiger partial charge on any atom is 0.339 e. The minimum Gasteiger partial charge on any atom is -0.493 e. The molecule has 0 saturated carbocycles. The van der Waals surface area contributed by atoms with Gasteiger partial charge in [0, 0.05) is 0 Å². The van der Waals surface area contributed by atoms with E-state index in [0.717, 1.165) is 5.56 Å². The van der Waals surface area contributed by atoms with E-state index in [-0.39, 0.29) is 12.0 Å². The van der Waals surface area contributed by atoms with Crippen molar-refractivity contribution in [3.8, 4) is 0 Å². The highest BCUT2D eigenvalue weighted by Crippen LogP contribution is 2.17. The minimum atomic E-state index is -1.20. The number of Topliss-reactive ketones (excluding diaryl/α,β-unsaturated/α-hetero) is 1. The average Bonchev–Trinajstić information content (AvgIpc) is 2.37. The maximum absolute atomic E-state index is 11.5. The molecule has 0 bridgehead atoms. The van der Waals surface area contributed by atoms with Crippen molar-refractivity contribution in [2.45, 2.75) is 13.0 Å². The number of carbonyl (C=O) groups is 2. The Morgan fingerprint density at radius 2 is 1.94 bits per heavy atom. The Hall–Kier alpha value is -2.36. The van der Waals surface area contributed by atoms with Gasteiger partial charge >= 0.3 is 5.97 Å². The zero-order chi connectivity index (χ0) is 13.0. The van der Waals surface area contributed by atoms with Crippen molar-refractivity contribution in [3.63, 3.8) is 0 Å². The first-order valence-corrected chi connectivity index (χ1v) is 5.51. The molecule has 0 spiro atoms. The van der Waals surface area contributed by atoms with Crippen LogP contribution in [0.3, 0.4) is 0 Å². The largest absolute Gasteiger partial charge is 0.493 e. The minimum absolute atomic E-state index is 0.00493. The van der Waals surface area contributed by atoms with E-state index in [1.165, 1.54) is 12.2 Å². The molecule has 0 heterocycles. The maximum atomic E-state index is 11.5. The summed E-state index contributed by atoms with van der Waals surface area (Å²) in [6.07, 6.45) is 2.83. The summed E-state index contributed by atoms with van der Waals surface area (Å²) in [5.41, 5.74) is 0.806. The molecule has 4 nitrogen and oxygen atoms in total. The Labute approximate surface area is 104 Å². The molecular weight excluding hydrogens is 232 g/mol. The first-order chi connectivity index (χ1) is 8.66. The van der Waals surface area contributed by atoms with E-state index in [2.05, 4.69) is 0 Å². The highest BCUT2D eigenvalue weighted by molar-refractivity contribution is 6.18. The number of carboxylic acids is 1. The van der Waals surface area contributed by atoms with Gasteiger partial charge < -0.3 is 9.84 Å². The van der Waals surface area contributed by atoms with Crippen molar-refractivity contribution in [1.82, 2.24) is 0 Å². The number of aliphatic carboxylic acids is 1. The molecule has 1 aliphatic rings. The molecule has 0 radical (unpaired) electrons. The molecule has 18 heavy (non-hydrogen) atoms. The predicted molar refractivity (Wildman–Crippen MR) is 64.7 cm³/mol. The van der Waals surface area contributed by atoms with E-state index in [4.69, 9.17) is 9.84 Å². The SMILES string of the molecule is O=C(O)C1=CC=C(OCc2ccccc2)CC1=O. The van der Waals surface area contributed by atoms with Gasteiger partial charge in [-0.05, 0) is 17.7 Å². The first kappa shape index (κ1) is 12.1. The third kappa shape index (κ3) is 2.85. The number of hydrogen-bond acceptors (Lipinski definition) is 3. The topological polar surface area (TPSA) is 63.6 Å². The Bertz CT molecular complexity index is 526. The van der Waals surface area contributed by atoms with Gasteiger partial charge in [-0.3, -0.25) is 4.79 Å². The van der Waals surface area contributed by atoms with Gasteiger partial charge in [-0.15, -0.1) is 0 Å². The second-order valence-electron chi connectivity index (χ2n) is 3.89. The number of carboxylic acid groups (broad SMARTS) is 1. The third-order valence-electron chi connectivity index (χ3n) is 2.57. The molecule has 1 N–H and O–H groups in total. The first-order valence-electron chi connectivity index (χ1n) is 5.51. The van der Waals surface area contributed by atoms with Crippen LogP contribution in [0.1, 0.15) is 12.0 Å². The number of rotatable bonds is 4. The molecule has 1 aliphatic carbocycles.